The van der Waals surface area contributed by atoms with Crippen molar-refractivity contribution in [3.05, 3.63) is 146 Å². The monoisotopic (exact) mass is 1480 g/mol. The fourth-order valence-electron chi connectivity index (χ4n) is 13.3. The normalized spacial score (nSPS) is 22.1. The number of allylic oxidation sites excluding steroid dienone is 23. The number of aliphatic hydroxyl groups excluding tert-OH is 8. The topological polar surface area (TPSA) is 228 Å². The Kier molecular flexibility index (Phi) is 68.1. The molecule has 2 rings (SSSR count). The molecule has 2 aliphatic rings. The van der Waals surface area contributed by atoms with Gasteiger partial charge in [-0.1, -0.05) is 372 Å². The largest absolute Gasteiger partial charge is 0.394 e. The maximum Gasteiger partial charge on any atom is 0.220 e. The molecule has 2 heterocycles. The molecule has 2 fully saturated rings. The van der Waals surface area contributed by atoms with Gasteiger partial charge >= 0.3 is 0 Å². The van der Waals surface area contributed by atoms with Crippen molar-refractivity contribution in [2.24, 2.45) is 0 Å². The molecular formula is C92H157NO13. The van der Waals surface area contributed by atoms with Crippen molar-refractivity contribution in [1.82, 2.24) is 5.32 Å². The van der Waals surface area contributed by atoms with Crippen molar-refractivity contribution >= 4 is 5.91 Å². The van der Waals surface area contributed by atoms with Crippen LogP contribution in [0.3, 0.4) is 0 Å². The first kappa shape index (κ1) is 97.9. The lowest BCUT2D eigenvalue weighted by molar-refractivity contribution is -0.359. The number of unbranched alkanes of at least 4 members (excludes halogenated alkanes) is 36. The quantitative estimate of drug-likeness (QED) is 0.0204. The molecule has 608 valence electrons. The van der Waals surface area contributed by atoms with E-state index in [1.807, 2.05) is 6.08 Å². The highest BCUT2D eigenvalue weighted by atomic mass is 16.7. The first-order valence-corrected chi connectivity index (χ1v) is 43.1. The van der Waals surface area contributed by atoms with Gasteiger partial charge in [-0.25, -0.2) is 0 Å². The molecule has 0 radical (unpaired) electrons. The molecule has 0 bridgehead atoms. The van der Waals surface area contributed by atoms with Crippen LogP contribution in [0.2, 0.25) is 0 Å². The van der Waals surface area contributed by atoms with E-state index >= 15 is 0 Å². The number of ether oxygens (including phenoxy) is 4. The van der Waals surface area contributed by atoms with Crippen molar-refractivity contribution in [1.29, 1.82) is 0 Å². The Morgan fingerprint density at radius 2 is 0.651 bits per heavy atom. The van der Waals surface area contributed by atoms with Gasteiger partial charge in [0.1, 0.15) is 48.8 Å². The van der Waals surface area contributed by atoms with Crippen LogP contribution in [0.25, 0.3) is 0 Å². The second-order valence-electron chi connectivity index (χ2n) is 29.6. The van der Waals surface area contributed by atoms with Crippen LogP contribution >= 0.6 is 0 Å². The lowest BCUT2D eigenvalue weighted by Crippen LogP contribution is -2.65. The van der Waals surface area contributed by atoms with Gasteiger partial charge in [0, 0.05) is 6.42 Å². The maximum atomic E-state index is 13.4. The first-order chi connectivity index (χ1) is 52.1. The Balaban J connectivity index is 1.62. The molecule has 2 aliphatic heterocycles. The molecule has 1 amide bonds. The molecule has 14 heteroatoms. The Morgan fingerprint density at radius 1 is 0.349 bits per heavy atom. The van der Waals surface area contributed by atoms with Crippen molar-refractivity contribution in [3.8, 4) is 0 Å². The first-order valence-electron chi connectivity index (χ1n) is 43.1. The highest BCUT2D eigenvalue weighted by Crippen LogP contribution is 2.30. The third kappa shape index (κ3) is 55.3. The minimum Gasteiger partial charge on any atom is -0.394 e. The van der Waals surface area contributed by atoms with Crippen molar-refractivity contribution in [3.63, 3.8) is 0 Å². The summed E-state index contributed by atoms with van der Waals surface area (Å²) in [4.78, 5) is 13.4. The summed E-state index contributed by atoms with van der Waals surface area (Å²) in [5.74, 6) is -0.252. The van der Waals surface area contributed by atoms with Crippen LogP contribution in [-0.4, -0.2) is 140 Å². The summed E-state index contributed by atoms with van der Waals surface area (Å²) in [6.45, 7) is 2.71. The fourth-order valence-corrected chi connectivity index (χ4v) is 13.3. The molecule has 12 atom stereocenters. The maximum absolute atomic E-state index is 13.4. The number of rotatable bonds is 71. The third-order valence-electron chi connectivity index (χ3n) is 20.0. The predicted octanol–water partition coefficient (Wildman–Crippen LogP) is 20.7. The smallest absolute Gasteiger partial charge is 0.220 e. The van der Waals surface area contributed by atoms with E-state index in [1.54, 1.807) is 6.08 Å². The van der Waals surface area contributed by atoms with Crippen LogP contribution in [0, 0.1) is 0 Å². The number of hydrogen-bond acceptors (Lipinski definition) is 13. The molecule has 0 spiro atoms. The zero-order valence-corrected chi connectivity index (χ0v) is 66.9. The minimum atomic E-state index is -1.80. The highest BCUT2D eigenvalue weighted by Gasteiger charge is 2.51. The van der Waals surface area contributed by atoms with Gasteiger partial charge in [0.2, 0.25) is 5.91 Å². The molecule has 106 heavy (non-hydrogen) atoms. The van der Waals surface area contributed by atoms with Gasteiger partial charge in [0.25, 0.3) is 0 Å². The van der Waals surface area contributed by atoms with E-state index in [-0.39, 0.29) is 18.9 Å². The second-order valence-corrected chi connectivity index (χ2v) is 29.6. The number of carbonyl (C=O) groups excluding carboxylic acids is 1. The average Bonchev–Trinajstić information content (AvgIpc) is 0.790. The molecule has 0 saturated carbocycles. The van der Waals surface area contributed by atoms with Gasteiger partial charge in [0.15, 0.2) is 12.6 Å². The van der Waals surface area contributed by atoms with E-state index in [0.29, 0.717) is 6.42 Å². The standard InChI is InChI=1S/C92H157NO13/c1-3-5-7-9-11-13-15-17-19-21-23-25-27-29-31-33-35-36-37-38-39-40-41-42-43-44-46-48-50-52-54-56-58-60-62-64-66-68-70-72-74-76-84(97)93-80(79-103-91-89(102)87(100)90(83(78-95)105-91)106-92-88(101)86(99)85(98)82(77-94)104-92)81(96)75-73-71-69-67-65-63-61-59-57-55-53-51-49-47-45-34-32-30-28-26-24-22-20-18-16-14-12-10-8-6-4-2/h5,7,11,13,17,19,23,25,29,31,35-36,38-39,41-42,44,46,50,52,56,58,73,75,80-83,85-92,94-96,98-102H,3-4,6,8-10,12,14-16,18,20-22,24,26-28,30,32-34,37,40,43,45,47-49,51,53-55,57,59-72,74,76-79H2,1-2H3,(H,93,97)/b7-5-,13-11-,19-17-,25-23-,31-29-,36-35-,39-38-,42-41-,46-44-,52-50-,58-56-,75-73+. The van der Waals surface area contributed by atoms with Crippen LogP contribution in [-0.2, 0) is 23.7 Å². The number of amides is 1. The van der Waals surface area contributed by atoms with E-state index in [2.05, 4.69) is 153 Å². The van der Waals surface area contributed by atoms with Crippen molar-refractivity contribution in [2.75, 3.05) is 19.8 Å². The summed E-state index contributed by atoms with van der Waals surface area (Å²) >= 11 is 0. The average molecular weight is 1490 g/mol. The lowest BCUT2D eigenvalue weighted by atomic mass is 9.97. The van der Waals surface area contributed by atoms with Crippen LogP contribution in [0.4, 0.5) is 0 Å². The lowest BCUT2D eigenvalue weighted by Gasteiger charge is -2.46. The summed E-state index contributed by atoms with van der Waals surface area (Å²) in [6, 6.07) is -0.934. The molecule has 2 saturated heterocycles. The minimum absolute atomic E-state index is 0.252. The van der Waals surface area contributed by atoms with E-state index in [9.17, 15) is 45.6 Å². The van der Waals surface area contributed by atoms with Crippen LogP contribution in [0.1, 0.15) is 335 Å². The predicted molar refractivity (Wildman–Crippen MR) is 442 cm³/mol. The zero-order chi connectivity index (χ0) is 76.5. The number of hydrogen-bond donors (Lipinski definition) is 9. The van der Waals surface area contributed by atoms with E-state index < -0.39 is 86.8 Å². The van der Waals surface area contributed by atoms with Crippen LogP contribution in [0.5, 0.6) is 0 Å². The second kappa shape index (κ2) is 73.7. The molecule has 14 nitrogen and oxygen atoms in total. The molecule has 9 N–H and O–H groups in total. The van der Waals surface area contributed by atoms with E-state index in [4.69, 9.17) is 18.9 Å². The highest BCUT2D eigenvalue weighted by molar-refractivity contribution is 5.76. The molecule has 0 aromatic heterocycles. The molecular weight excluding hydrogens is 1330 g/mol. The van der Waals surface area contributed by atoms with Gasteiger partial charge < -0.3 is 65.1 Å². The SMILES string of the molecule is CC/C=C\C/C=C\C/C=C\C/C=C\C/C=C\C/C=C\C/C=C\C/C=C\C/C=C\C/C=C\C/C=C\CCCCCCCCCC(=O)NC(COC1OC(CO)C(OC2OC(CO)C(O)C(O)C2O)C(O)C1O)C(O)/C=C/CCCCCCCCCCCCCCCCCCCCCCCCCCCCCCC. The van der Waals surface area contributed by atoms with E-state index in [1.165, 1.54) is 173 Å². The van der Waals surface area contributed by atoms with Crippen molar-refractivity contribution in [2.45, 2.75) is 408 Å². The Hall–Kier alpha value is -4.13. The fraction of sp³-hybridized carbons (Fsp3) is 0.728. The van der Waals surface area contributed by atoms with Crippen molar-refractivity contribution < 1.29 is 64.6 Å². The number of aliphatic hydroxyl groups is 8. The van der Waals surface area contributed by atoms with E-state index in [0.717, 1.165) is 135 Å². The van der Waals surface area contributed by atoms with Gasteiger partial charge in [-0.15, -0.1) is 0 Å². The Labute approximate surface area is 646 Å². The molecule has 0 aromatic carbocycles. The zero-order valence-electron chi connectivity index (χ0n) is 66.9. The summed E-state index contributed by atoms with van der Waals surface area (Å²) in [5, 5.41) is 87.8. The van der Waals surface area contributed by atoms with Gasteiger partial charge in [-0.05, 0) is 103 Å². The van der Waals surface area contributed by atoms with Gasteiger partial charge in [-0.3, -0.25) is 4.79 Å². The Morgan fingerprint density at radius 3 is 1.00 bits per heavy atom. The number of carbonyl (C=O) groups is 1. The molecule has 0 aromatic rings. The number of nitrogens with one attached hydrogen (secondary N) is 1. The van der Waals surface area contributed by atoms with Gasteiger partial charge in [0.05, 0.1) is 32.0 Å². The third-order valence-corrected chi connectivity index (χ3v) is 20.0. The molecule has 12 unspecified atom stereocenters. The summed E-state index contributed by atoms with van der Waals surface area (Å²) < 4.78 is 22.9. The van der Waals surface area contributed by atoms with Crippen LogP contribution < -0.4 is 5.32 Å². The Bertz CT molecular complexity index is 2350. The molecule has 0 aliphatic carbocycles. The summed E-state index contributed by atoms with van der Waals surface area (Å²) in [6.07, 6.45) is 95.0. The van der Waals surface area contributed by atoms with Gasteiger partial charge in [-0.2, -0.15) is 0 Å². The summed E-state index contributed by atoms with van der Waals surface area (Å²) in [5.41, 5.74) is 0. The van der Waals surface area contributed by atoms with Crippen LogP contribution in [0.15, 0.2) is 146 Å². The summed E-state index contributed by atoms with van der Waals surface area (Å²) in [7, 11) is 0.